The first kappa shape index (κ1) is 10.9. The molecule has 0 heterocycles. The van der Waals surface area contributed by atoms with Gasteiger partial charge in [0.25, 0.3) is 0 Å². The molecule has 2 N–H and O–H groups in total. The van der Waals surface area contributed by atoms with Crippen LogP contribution >= 0.6 is 11.6 Å². The Labute approximate surface area is 85.4 Å². The molecule has 1 aromatic rings. The van der Waals surface area contributed by atoms with Gasteiger partial charge < -0.3 is 5.73 Å². The van der Waals surface area contributed by atoms with Gasteiger partial charge in [-0.25, -0.2) is 13.8 Å². The molecule has 0 bridgehead atoms. The Hall–Kier alpha value is -1.16. The number of aliphatic imine (C=N–C) groups is 1. The Bertz CT molecular complexity index is 354. The van der Waals surface area contributed by atoms with E-state index in [1.54, 1.807) is 6.92 Å². The minimum Gasteiger partial charge on any atom is -0.387 e. The van der Waals surface area contributed by atoms with Gasteiger partial charge in [-0.3, -0.25) is 0 Å². The predicted molar refractivity (Wildman–Crippen MR) is 52.9 cm³/mol. The fourth-order valence-corrected chi connectivity index (χ4v) is 1.10. The van der Waals surface area contributed by atoms with Crippen molar-refractivity contribution >= 4 is 23.1 Å². The normalized spacial score (nSPS) is 11.9. The fourth-order valence-electron chi connectivity index (χ4n) is 0.864. The highest BCUT2D eigenvalue weighted by Gasteiger charge is 2.09. The van der Waals surface area contributed by atoms with Crippen LogP contribution in [0.3, 0.4) is 0 Å². The largest absolute Gasteiger partial charge is 0.387 e. The van der Waals surface area contributed by atoms with Gasteiger partial charge >= 0.3 is 0 Å². The summed E-state index contributed by atoms with van der Waals surface area (Å²) < 4.78 is 25.7. The highest BCUT2D eigenvalue weighted by molar-refractivity contribution is 6.33. The first-order valence-electron chi connectivity index (χ1n) is 4.02. The second kappa shape index (κ2) is 4.37. The fraction of sp³-hybridized carbons (Fsp3) is 0.222. The average molecular weight is 219 g/mol. The molecule has 0 radical (unpaired) electrons. The first-order valence-corrected chi connectivity index (χ1v) is 4.40. The standard InChI is InChI=1S/C9H9ClF2N2/c1-2-8(13)14-9-6(10)3-5(11)4-7(9)12/h3-4H,2H2,1H3,(H2,13,14). The van der Waals surface area contributed by atoms with Crippen molar-refractivity contribution < 1.29 is 8.78 Å². The zero-order chi connectivity index (χ0) is 10.7. The minimum atomic E-state index is -0.814. The van der Waals surface area contributed by atoms with Gasteiger partial charge in [0.15, 0.2) is 5.82 Å². The number of hydrogen-bond donors (Lipinski definition) is 1. The molecule has 0 aliphatic carbocycles. The van der Waals surface area contributed by atoms with E-state index in [1.165, 1.54) is 0 Å². The molecule has 1 rings (SSSR count). The van der Waals surface area contributed by atoms with E-state index in [2.05, 4.69) is 4.99 Å². The zero-order valence-electron chi connectivity index (χ0n) is 7.52. The third kappa shape index (κ3) is 2.42. The van der Waals surface area contributed by atoms with E-state index in [0.717, 1.165) is 6.07 Å². The summed E-state index contributed by atoms with van der Waals surface area (Å²) in [5, 5.41) is -0.0844. The molecule has 5 heteroatoms. The molecule has 0 aliphatic rings. The van der Waals surface area contributed by atoms with E-state index in [4.69, 9.17) is 17.3 Å². The van der Waals surface area contributed by atoms with Crippen molar-refractivity contribution in [2.24, 2.45) is 10.7 Å². The topological polar surface area (TPSA) is 38.4 Å². The number of nitrogens with zero attached hydrogens (tertiary/aromatic N) is 1. The SMILES string of the molecule is CCC(N)=Nc1c(F)cc(F)cc1Cl. The molecule has 0 atom stereocenters. The molecule has 0 saturated heterocycles. The molecule has 0 amide bonds. The Morgan fingerprint density at radius 1 is 1.50 bits per heavy atom. The molecular weight excluding hydrogens is 210 g/mol. The van der Waals surface area contributed by atoms with E-state index in [0.29, 0.717) is 12.5 Å². The van der Waals surface area contributed by atoms with E-state index >= 15 is 0 Å². The lowest BCUT2D eigenvalue weighted by Gasteiger charge is -2.02. The lowest BCUT2D eigenvalue weighted by molar-refractivity contribution is 0.585. The van der Waals surface area contributed by atoms with Crippen LogP contribution in [-0.4, -0.2) is 5.84 Å². The average Bonchev–Trinajstić information content (AvgIpc) is 2.10. The highest BCUT2D eigenvalue weighted by Crippen LogP contribution is 2.29. The summed E-state index contributed by atoms with van der Waals surface area (Å²) >= 11 is 5.59. The maximum atomic E-state index is 13.1. The van der Waals surface area contributed by atoms with Crippen LogP contribution in [0, 0.1) is 11.6 Å². The van der Waals surface area contributed by atoms with Gasteiger partial charge in [-0.2, -0.15) is 0 Å². The number of benzene rings is 1. The number of hydrogen-bond acceptors (Lipinski definition) is 1. The number of amidine groups is 1. The van der Waals surface area contributed by atoms with Crippen molar-refractivity contribution in [3.63, 3.8) is 0 Å². The molecule has 0 aliphatic heterocycles. The summed E-state index contributed by atoms with van der Waals surface area (Å²) in [6, 6.07) is 1.71. The Morgan fingerprint density at radius 2 is 2.14 bits per heavy atom. The maximum absolute atomic E-state index is 13.1. The Kier molecular flexibility index (Phi) is 3.41. The number of halogens is 3. The van der Waals surface area contributed by atoms with Crippen LogP contribution in [0.15, 0.2) is 17.1 Å². The van der Waals surface area contributed by atoms with E-state index < -0.39 is 11.6 Å². The van der Waals surface area contributed by atoms with Crippen molar-refractivity contribution in [3.05, 3.63) is 28.8 Å². The van der Waals surface area contributed by atoms with Crippen molar-refractivity contribution in [3.8, 4) is 0 Å². The summed E-state index contributed by atoms with van der Waals surface area (Å²) in [5.41, 5.74) is 5.29. The van der Waals surface area contributed by atoms with Gasteiger partial charge in [0, 0.05) is 12.5 Å². The van der Waals surface area contributed by atoms with Crippen LogP contribution in [0.25, 0.3) is 0 Å². The first-order chi connectivity index (χ1) is 6.54. The van der Waals surface area contributed by atoms with Crippen molar-refractivity contribution in [1.29, 1.82) is 0 Å². The number of rotatable bonds is 2. The van der Waals surface area contributed by atoms with E-state index in [9.17, 15) is 8.78 Å². The second-order valence-corrected chi connectivity index (χ2v) is 3.08. The molecule has 0 aromatic heterocycles. The monoisotopic (exact) mass is 218 g/mol. The molecule has 76 valence electrons. The lowest BCUT2D eigenvalue weighted by atomic mass is 10.3. The summed E-state index contributed by atoms with van der Waals surface area (Å²) in [4.78, 5) is 3.74. The van der Waals surface area contributed by atoms with Crippen molar-refractivity contribution in [2.75, 3.05) is 0 Å². The summed E-state index contributed by atoms with van der Waals surface area (Å²) in [6.07, 6.45) is 0.479. The van der Waals surface area contributed by atoms with Crippen LogP contribution in [0.1, 0.15) is 13.3 Å². The Morgan fingerprint density at radius 3 is 2.64 bits per heavy atom. The number of nitrogens with two attached hydrogens (primary N) is 1. The van der Waals surface area contributed by atoms with Crippen molar-refractivity contribution in [1.82, 2.24) is 0 Å². The molecule has 14 heavy (non-hydrogen) atoms. The lowest BCUT2D eigenvalue weighted by Crippen LogP contribution is -2.08. The quantitative estimate of drug-likeness (QED) is 0.602. The smallest absolute Gasteiger partial charge is 0.153 e. The molecule has 1 aromatic carbocycles. The third-order valence-corrected chi connectivity index (χ3v) is 1.89. The maximum Gasteiger partial charge on any atom is 0.153 e. The molecule has 2 nitrogen and oxygen atoms in total. The minimum absolute atomic E-state index is 0.0844. The summed E-state index contributed by atoms with van der Waals surface area (Å²) in [5.74, 6) is -1.30. The van der Waals surface area contributed by atoms with Gasteiger partial charge in [0.05, 0.1) is 10.9 Å². The zero-order valence-corrected chi connectivity index (χ0v) is 8.28. The van der Waals surface area contributed by atoms with Gasteiger partial charge in [-0.05, 0) is 6.07 Å². The molecule has 0 fully saturated rings. The molecule has 0 saturated carbocycles. The molecule has 0 unspecified atom stereocenters. The van der Waals surface area contributed by atoms with Crippen LogP contribution in [0.4, 0.5) is 14.5 Å². The predicted octanol–water partition coefficient (Wildman–Crippen LogP) is 3.02. The molecule has 0 spiro atoms. The van der Waals surface area contributed by atoms with E-state index in [1.807, 2.05) is 0 Å². The summed E-state index contributed by atoms with van der Waals surface area (Å²) in [6.45, 7) is 1.77. The third-order valence-electron chi connectivity index (χ3n) is 1.60. The van der Waals surface area contributed by atoms with E-state index in [-0.39, 0.29) is 16.5 Å². The van der Waals surface area contributed by atoms with Crippen molar-refractivity contribution in [2.45, 2.75) is 13.3 Å². The summed E-state index contributed by atoms with van der Waals surface area (Å²) in [7, 11) is 0. The second-order valence-electron chi connectivity index (χ2n) is 2.67. The van der Waals surface area contributed by atoms with Crippen LogP contribution in [-0.2, 0) is 0 Å². The van der Waals surface area contributed by atoms with Crippen LogP contribution < -0.4 is 5.73 Å². The van der Waals surface area contributed by atoms with Gasteiger partial charge in [0.2, 0.25) is 0 Å². The highest BCUT2D eigenvalue weighted by atomic mass is 35.5. The van der Waals surface area contributed by atoms with Gasteiger partial charge in [-0.1, -0.05) is 18.5 Å². The van der Waals surface area contributed by atoms with Gasteiger partial charge in [-0.15, -0.1) is 0 Å². The molecular formula is C9H9ClF2N2. The van der Waals surface area contributed by atoms with Crippen LogP contribution in [0.5, 0.6) is 0 Å². The van der Waals surface area contributed by atoms with Crippen LogP contribution in [0.2, 0.25) is 5.02 Å². The van der Waals surface area contributed by atoms with Gasteiger partial charge in [0.1, 0.15) is 11.5 Å². The Balaban J connectivity index is 3.21.